The summed E-state index contributed by atoms with van der Waals surface area (Å²) in [6.45, 7) is 4.51. The van der Waals surface area contributed by atoms with Gasteiger partial charge in [0.05, 0.1) is 25.2 Å². The van der Waals surface area contributed by atoms with Gasteiger partial charge in [0.2, 0.25) is 0 Å². The Bertz CT molecular complexity index is 911. The molecular weight excluding hydrogens is 352 g/mol. The number of hydrogen-bond acceptors (Lipinski definition) is 5. The van der Waals surface area contributed by atoms with Gasteiger partial charge in [0.15, 0.2) is 0 Å². The molecule has 1 N–H and O–H groups in total. The first kappa shape index (κ1) is 19.4. The number of nitrogens with zero attached hydrogens (tertiary/aromatic N) is 3. The van der Waals surface area contributed by atoms with E-state index in [4.69, 9.17) is 4.74 Å². The monoisotopic (exact) mass is 376 g/mol. The maximum Gasteiger partial charge on any atom is 0.274 e. The van der Waals surface area contributed by atoms with E-state index in [1.54, 1.807) is 18.2 Å². The topological polar surface area (TPSA) is 67.3 Å². The molecule has 0 aliphatic rings. The summed E-state index contributed by atoms with van der Waals surface area (Å²) in [4.78, 5) is 23.4. The number of benzene rings is 2. The van der Waals surface area contributed by atoms with E-state index in [9.17, 15) is 4.79 Å². The molecule has 0 atom stereocenters. The first-order valence-electron chi connectivity index (χ1n) is 9.15. The molecule has 0 unspecified atom stereocenters. The zero-order valence-electron chi connectivity index (χ0n) is 16.3. The van der Waals surface area contributed by atoms with Crippen molar-refractivity contribution in [1.82, 2.24) is 14.9 Å². The molecule has 0 radical (unpaired) electrons. The second-order valence-corrected chi connectivity index (χ2v) is 6.62. The van der Waals surface area contributed by atoms with Gasteiger partial charge < -0.3 is 15.0 Å². The van der Waals surface area contributed by atoms with Gasteiger partial charge in [-0.15, -0.1) is 0 Å². The van der Waals surface area contributed by atoms with Crippen molar-refractivity contribution < 1.29 is 9.53 Å². The zero-order valence-corrected chi connectivity index (χ0v) is 16.3. The average molecular weight is 376 g/mol. The fourth-order valence-electron chi connectivity index (χ4n) is 2.81. The van der Waals surface area contributed by atoms with Crippen LogP contribution in [0.3, 0.4) is 0 Å². The molecule has 0 aliphatic heterocycles. The van der Waals surface area contributed by atoms with Crippen molar-refractivity contribution in [3.63, 3.8) is 0 Å². The van der Waals surface area contributed by atoms with E-state index in [0.29, 0.717) is 23.8 Å². The number of hydrogen-bond donors (Lipinski definition) is 1. The molecule has 0 saturated heterocycles. The molecule has 3 rings (SSSR count). The Morgan fingerprint density at radius 3 is 2.39 bits per heavy atom. The maximum absolute atomic E-state index is 12.9. The smallest absolute Gasteiger partial charge is 0.274 e. The Kier molecular flexibility index (Phi) is 6.22. The van der Waals surface area contributed by atoms with Crippen LogP contribution in [0.15, 0.2) is 67.0 Å². The molecular formula is C22H24N4O2. The first-order chi connectivity index (χ1) is 13.6. The Morgan fingerprint density at radius 2 is 1.75 bits per heavy atom. The van der Waals surface area contributed by atoms with E-state index in [1.165, 1.54) is 6.20 Å². The molecule has 28 heavy (non-hydrogen) atoms. The van der Waals surface area contributed by atoms with Crippen molar-refractivity contribution in [1.29, 1.82) is 0 Å². The van der Waals surface area contributed by atoms with Crippen LogP contribution in [0.2, 0.25) is 0 Å². The zero-order chi connectivity index (χ0) is 19.9. The van der Waals surface area contributed by atoms with Crippen LogP contribution >= 0.6 is 0 Å². The molecule has 144 valence electrons. The second-order valence-electron chi connectivity index (χ2n) is 6.62. The minimum Gasteiger partial charge on any atom is -0.495 e. The van der Waals surface area contributed by atoms with Gasteiger partial charge in [0.25, 0.3) is 5.91 Å². The predicted octanol–water partition coefficient (Wildman–Crippen LogP) is 4.28. The van der Waals surface area contributed by atoms with E-state index in [1.807, 2.05) is 68.4 Å². The predicted molar refractivity (Wildman–Crippen MR) is 110 cm³/mol. The number of carbonyl (C=O) groups is 1. The van der Waals surface area contributed by atoms with Gasteiger partial charge in [-0.05, 0) is 31.5 Å². The van der Waals surface area contributed by atoms with Gasteiger partial charge in [-0.2, -0.15) is 0 Å². The van der Waals surface area contributed by atoms with E-state index in [-0.39, 0.29) is 11.9 Å². The lowest BCUT2D eigenvalue weighted by atomic mass is 10.2. The lowest BCUT2D eigenvalue weighted by molar-refractivity contribution is 0.0684. The third-order valence-corrected chi connectivity index (χ3v) is 4.32. The van der Waals surface area contributed by atoms with Gasteiger partial charge in [0, 0.05) is 12.6 Å². The summed E-state index contributed by atoms with van der Waals surface area (Å²) in [6.07, 6.45) is 3.06. The molecule has 2 aromatic carbocycles. The van der Waals surface area contributed by atoms with Crippen LogP contribution in [0.25, 0.3) is 0 Å². The second kappa shape index (κ2) is 8.99. The Hall–Kier alpha value is -3.41. The maximum atomic E-state index is 12.9. The van der Waals surface area contributed by atoms with Crippen LogP contribution in [0.5, 0.6) is 5.75 Å². The van der Waals surface area contributed by atoms with E-state index >= 15 is 0 Å². The van der Waals surface area contributed by atoms with Gasteiger partial charge in [0.1, 0.15) is 17.3 Å². The first-order valence-corrected chi connectivity index (χ1v) is 9.15. The summed E-state index contributed by atoms with van der Waals surface area (Å²) in [5.41, 5.74) is 2.17. The molecule has 0 bridgehead atoms. The highest BCUT2D eigenvalue weighted by molar-refractivity contribution is 5.92. The van der Waals surface area contributed by atoms with Gasteiger partial charge >= 0.3 is 0 Å². The summed E-state index contributed by atoms with van der Waals surface area (Å²) in [5.74, 6) is 1.11. The Balaban J connectivity index is 1.74. The summed E-state index contributed by atoms with van der Waals surface area (Å²) in [7, 11) is 1.61. The fraction of sp³-hybridized carbons (Fsp3) is 0.227. The molecule has 1 heterocycles. The summed E-state index contributed by atoms with van der Waals surface area (Å²) >= 11 is 0. The van der Waals surface area contributed by atoms with Crippen molar-refractivity contribution in [3.8, 4) is 5.75 Å². The molecule has 0 saturated carbocycles. The highest BCUT2D eigenvalue weighted by Crippen LogP contribution is 2.25. The summed E-state index contributed by atoms with van der Waals surface area (Å²) in [6, 6.07) is 17.5. The molecule has 6 heteroatoms. The van der Waals surface area contributed by atoms with Gasteiger partial charge in [-0.25, -0.2) is 9.97 Å². The number of nitrogens with one attached hydrogen (secondary N) is 1. The highest BCUT2D eigenvalue weighted by atomic mass is 16.5. The highest BCUT2D eigenvalue weighted by Gasteiger charge is 2.20. The SMILES string of the molecule is COc1ccccc1Nc1cnc(C(=O)N(Cc2ccccc2)C(C)C)cn1. The number of anilines is 2. The number of rotatable bonds is 7. The minimum absolute atomic E-state index is 0.0425. The quantitative estimate of drug-likeness (QED) is 0.667. The van der Waals surface area contributed by atoms with Crippen LogP contribution in [0, 0.1) is 0 Å². The summed E-state index contributed by atoms with van der Waals surface area (Å²) < 4.78 is 5.32. The van der Waals surface area contributed by atoms with Crippen molar-refractivity contribution in [2.45, 2.75) is 26.4 Å². The standard InChI is InChI=1S/C22H24N4O2/c1-16(2)26(15-17-9-5-4-6-10-17)22(27)19-13-24-21(14-23-19)25-18-11-7-8-12-20(18)28-3/h4-14,16H,15H2,1-3H3,(H,24,25). The molecule has 3 aromatic rings. The van der Waals surface area contributed by atoms with Crippen molar-refractivity contribution in [2.75, 3.05) is 12.4 Å². The molecule has 0 spiro atoms. The largest absolute Gasteiger partial charge is 0.495 e. The lowest BCUT2D eigenvalue weighted by Crippen LogP contribution is -2.36. The number of aromatic nitrogens is 2. The van der Waals surface area contributed by atoms with Gasteiger partial charge in [-0.1, -0.05) is 42.5 Å². The van der Waals surface area contributed by atoms with Crippen LogP contribution in [0.4, 0.5) is 11.5 Å². The summed E-state index contributed by atoms with van der Waals surface area (Å²) in [5, 5.41) is 3.16. The van der Waals surface area contributed by atoms with E-state index in [2.05, 4.69) is 15.3 Å². The fourth-order valence-corrected chi connectivity index (χ4v) is 2.81. The van der Waals surface area contributed by atoms with Crippen molar-refractivity contribution >= 4 is 17.4 Å². The van der Waals surface area contributed by atoms with Crippen LogP contribution in [-0.2, 0) is 6.54 Å². The molecule has 1 aromatic heterocycles. The normalized spacial score (nSPS) is 10.6. The molecule has 0 aliphatic carbocycles. The molecule has 1 amide bonds. The van der Waals surface area contributed by atoms with Crippen LogP contribution < -0.4 is 10.1 Å². The molecule has 6 nitrogen and oxygen atoms in total. The lowest BCUT2D eigenvalue weighted by Gasteiger charge is -2.26. The number of carbonyl (C=O) groups excluding carboxylic acids is 1. The number of methoxy groups -OCH3 is 1. The van der Waals surface area contributed by atoms with E-state index < -0.39 is 0 Å². The van der Waals surface area contributed by atoms with Gasteiger partial charge in [-0.3, -0.25) is 4.79 Å². The van der Waals surface area contributed by atoms with Crippen molar-refractivity contribution in [3.05, 3.63) is 78.2 Å². The average Bonchev–Trinajstić information content (AvgIpc) is 2.73. The number of amides is 1. The Labute approximate surface area is 165 Å². The minimum atomic E-state index is -0.143. The number of para-hydroxylation sites is 2. The van der Waals surface area contributed by atoms with E-state index in [0.717, 1.165) is 11.3 Å². The van der Waals surface area contributed by atoms with Crippen LogP contribution in [0.1, 0.15) is 29.9 Å². The third kappa shape index (κ3) is 4.65. The number of ether oxygens (including phenoxy) is 1. The van der Waals surface area contributed by atoms with Crippen LogP contribution in [-0.4, -0.2) is 33.9 Å². The third-order valence-electron chi connectivity index (χ3n) is 4.32. The Morgan fingerprint density at radius 1 is 1.04 bits per heavy atom. The van der Waals surface area contributed by atoms with Crippen molar-refractivity contribution in [2.24, 2.45) is 0 Å². The molecule has 0 fully saturated rings.